The Kier molecular flexibility index (Phi) is 6.92. The molecule has 0 radical (unpaired) electrons. The van der Waals surface area contributed by atoms with E-state index in [4.69, 9.17) is 4.74 Å². The summed E-state index contributed by atoms with van der Waals surface area (Å²) in [6.07, 6.45) is -3.40. The summed E-state index contributed by atoms with van der Waals surface area (Å²) in [5, 5.41) is 10.8. The highest BCUT2D eigenvalue weighted by Crippen LogP contribution is 2.42. The third-order valence-corrected chi connectivity index (χ3v) is 7.87. The van der Waals surface area contributed by atoms with Gasteiger partial charge < -0.3 is 14.7 Å². The summed E-state index contributed by atoms with van der Waals surface area (Å²) in [7, 11) is 0. The molecule has 4 rings (SSSR count). The van der Waals surface area contributed by atoms with E-state index in [1.54, 1.807) is 11.0 Å². The summed E-state index contributed by atoms with van der Waals surface area (Å²) in [5.41, 5.74) is 0.192. The van der Waals surface area contributed by atoms with Gasteiger partial charge in [-0.2, -0.15) is 13.2 Å². The highest BCUT2D eigenvalue weighted by atomic mass is 19.4. The van der Waals surface area contributed by atoms with Gasteiger partial charge in [0, 0.05) is 50.7 Å². The molecule has 196 valence electrons. The van der Waals surface area contributed by atoms with Crippen LogP contribution in [0.25, 0.3) is 0 Å². The number of nitrogens with zero attached hydrogens (tertiary/aromatic N) is 3. The smallest absolute Gasteiger partial charge is 0.416 e. The van der Waals surface area contributed by atoms with Gasteiger partial charge in [0.25, 0.3) is 0 Å². The lowest BCUT2D eigenvalue weighted by molar-refractivity contribution is -0.137. The van der Waals surface area contributed by atoms with E-state index < -0.39 is 23.4 Å². The van der Waals surface area contributed by atoms with Gasteiger partial charge in [-0.25, -0.2) is 4.79 Å². The van der Waals surface area contributed by atoms with Gasteiger partial charge >= 0.3 is 12.3 Å². The van der Waals surface area contributed by atoms with Crippen LogP contribution in [0.1, 0.15) is 70.2 Å². The van der Waals surface area contributed by atoms with Crippen molar-refractivity contribution in [3.8, 4) is 0 Å². The zero-order valence-electron chi connectivity index (χ0n) is 21.4. The fourth-order valence-corrected chi connectivity index (χ4v) is 5.88. The second-order valence-electron chi connectivity index (χ2n) is 11.6. The second kappa shape index (κ2) is 9.23. The minimum absolute atomic E-state index is 0.0350. The first kappa shape index (κ1) is 26.2. The summed E-state index contributed by atoms with van der Waals surface area (Å²) in [4.78, 5) is 19.0. The predicted octanol–water partition coefficient (Wildman–Crippen LogP) is 4.46. The maximum atomic E-state index is 13.2. The molecular weight excluding hydrogens is 459 g/mol. The first-order chi connectivity index (χ1) is 16.2. The molecule has 2 saturated heterocycles. The van der Waals surface area contributed by atoms with Crippen LogP contribution in [0, 0.1) is 0 Å². The number of aliphatic hydroxyl groups is 1. The number of alkyl halides is 3. The number of carbonyl (C=O) groups is 1. The highest BCUT2D eigenvalue weighted by molar-refractivity contribution is 5.68. The summed E-state index contributed by atoms with van der Waals surface area (Å²) in [5.74, 6) is 0. The lowest BCUT2D eigenvalue weighted by Crippen LogP contribution is -2.62. The fourth-order valence-electron chi connectivity index (χ4n) is 5.88. The van der Waals surface area contributed by atoms with Crippen LogP contribution in [0.15, 0.2) is 18.2 Å². The van der Waals surface area contributed by atoms with Crippen molar-refractivity contribution in [1.29, 1.82) is 0 Å². The zero-order valence-corrected chi connectivity index (χ0v) is 21.4. The van der Waals surface area contributed by atoms with E-state index >= 15 is 0 Å². The Morgan fingerprint density at radius 1 is 1.11 bits per heavy atom. The Morgan fingerprint density at radius 2 is 1.77 bits per heavy atom. The minimum atomic E-state index is -4.38. The Balaban J connectivity index is 1.39. The molecule has 6 nitrogen and oxygen atoms in total. The van der Waals surface area contributed by atoms with Gasteiger partial charge in [0.1, 0.15) is 5.60 Å². The molecule has 9 heteroatoms. The molecule has 1 aromatic carbocycles. The number of hydrogen-bond acceptors (Lipinski definition) is 5. The molecule has 1 amide bonds. The number of amides is 1. The quantitative estimate of drug-likeness (QED) is 0.654. The number of carbonyl (C=O) groups excluding carboxylic acids is 1. The average molecular weight is 498 g/mol. The Labute approximate surface area is 206 Å². The molecule has 2 aliphatic heterocycles. The van der Waals surface area contributed by atoms with Crippen molar-refractivity contribution in [1.82, 2.24) is 14.7 Å². The average Bonchev–Trinajstić information content (AvgIpc) is 3.07. The van der Waals surface area contributed by atoms with Crippen molar-refractivity contribution in [2.75, 3.05) is 32.7 Å². The van der Waals surface area contributed by atoms with Crippen LogP contribution in [-0.2, 0) is 17.3 Å². The molecule has 3 atom stereocenters. The second-order valence-corrected chi connectivity index (χ2v) is 11.6. The van der Waals surface area contributed by atoms with Gasteiger partial charge in [-0.15, -0.1) is 0 Å². The molecular formula is C26H38F3N3O3. The molecule has 1 N–H and O–H groups in total. The lowest BCUT2D eigenvalue weighted by Gasteiger charge is -2.52. The number of ether oxygens (including phenoxy) is 1. The van der Waals surface area contributed by atoms with Crippen LogP contribution < -0.4 is 0 Å². The summed E-state index contributed by atoms with van der Waals surface area (Å²) < 4.78 is 45.0. The van der Waals surface area contributed by atoms with Crippen molar-refractivity contribution in [3.05, 3.63) is 34.9 Å². The van der Waals surface area contributed by atoms with Gasteiger partial charge in [-0.1, -0.05) is 6.07 Å². The van der Waals surface area contributed by atoms with E-state index in [-0.39, 0.29) is 30.1 Å². The summed E-state index contributed by atoms with van der Waals surface area (Å²) in [6.45, 7) is 13.6. The topological polar surface area (TPSA) is 56.2 Å². The van der Waals surface area contributed by atoms with E-state index in [9.17, 15) is 23.1 Å². The van der Waals surface area contributed by atoms with Crippen molar-refractivity contribution in [2.24, 2.45) is 0 Å². The Morgan fingerprint density at radius 3 is 2.34 bits per heavy atom. The van der Waals surface area contributed by atoms with Crippen molar-refractivity contribution < 1.29 is 27.8 Å². The third kappa shape index (κ3) is 5.47. The summed E-state index contributed by atoms with van der Waals surface area (Å²) in [6, 6.07) is 3.72. The monoisotopic (exact) mass is 497 g/mol. The molecule has 2 fully saturated rings. The van der Waals surface area contributed by atoms with Gasteiger partial charge in [0.05, 0.1) is 17.7 Å². The van der Waals surface area contributed by atoms with Gasteiger partial charge in [0.2, 0.25) is 0 Å². The van der Waals surface area contributed by atoms with E-state index in [0.717, 1.165) is 44.1 Å². The van der Waals surface area contributed by atoms with Crippen LogP contribution in [0.5, 0.6) is 0 Å². The van der Waals surface area contributed by atoms with Crippen LogP contribution >= 0.6 is 0 Å². The van der Waals surface area contributed by atoms with Crippen molar-refractivity contribution >= 4 is 6.09 Å². The SMILES string of the molecule is C[C@H]1CN(C2(C)CCN(C(=O)OC(C)(C)C)CC2)CCN1[C@@H]1c2ccc(C(F)(F)F)cc2C[C@@H]1O. The van der Waals surface area contributed by atoms with E-state index in [1.165, 1.54) is 6.07 Å². The molecule has 0 aromatic heterocycles. The van der Waals surface area contributed by atoms with Crippen LogP contribution in [0.4, 0.5) is 18.0 Å². The number of fused-ring (bicyclic) bond motifs is 1. The first-order valence-electron chi connectivity index (χ1n) is 12.5. The zero-order chi connectivity index (χ0) is 25.8. The Bertz CT molecular complexity index is 938. The highest BCUT2D eigenvalue weighted by Gasteiger charge is 2.45. The van der Waals surface area contributed by atoms with Crippen molar-refractivity contribution in [3.63, 3.8) is 0 Å². The minimum Gasteiger partial charge on any atom is -0.444 e. The standard InChI is InChI=1S/C26H38F3N3O3/c1-17-16-31(25(5)8-10-30(11-9-25)23(34)35-24(2,3)4)12-13-32(17)22-20-7-6-19(26(27,28)29)14-18(20)15-21(22)33/h6-7,14,17,21-22,33H,8-13,15-16H2,1-5H3/t17-,21-,22+/m0/s1. The molecule has 2 heterocycles. The number of likely N-dealkylation sites (tertiary alicyclic amines) is 1. The molecule has 0 bridgehead atoms. The third-order valence-electron chi connectivity index (χ3n) is 7.87. The van der Waals surface area contributed by atoms with Gasteiger partial charge in [0.15, 0.2) is 0 Å². The van der Waals surface area contributed by atoms with Gasteiger partial charge in [-0.3, -0.25) is 9.80 Å². The van der Waals surface area contributed by atoms with Crippen LogP contribution in [-0.4, -0.2) is 81.9 Å². The lowest BCUT2D eigenvalue weighted by atomic mass is 9.86. The number of piperidine rings is 1. The van der Waals surface area contributed by atoms with Crippen LogP contribution in [0.3, 0.4) is 0 Å². The number of piperazine rings is 1. The molecule has 35 heavy (non-hydrogen) atoms. The van der Waals surface area contributed by atoms with E-state index in [2.05, 4.69) is 23.6 Å². The summed E-state index contributed by atoms with van der Waals surface area (Å²) >= 11 is 0. The maximum Gasteiger partial charge on any atom is 0.416 e. The molecule has 3 aliphatic rings. The number of hydrogen-bond donors (Lipinski definition) is 1. The number of halogens is 3. The maximum absolute atomic E-state index is 13.2. The molecule has 1 aliphatic carbocycles. The largest absolute Gasteiger partial charge is 0.444 e. The van der Waals surface area contributed by atoms with Crippen LogP contribution in [0.2, 0.25) is 0 Å². The van der Waals surface area contributed by atoms with E-state index in [0.29, 0.717) is 18.7 Å². The fraction of sp³-hybridized carbons (Fsp3) is 0.731. The number of aliphatic hydroxyl groups excluding tert-OH is 1. The number of benzene rings is 1. The first-order valence-corrected chi connectivity index (χ1v) is 12.5. The molecule has 1 aromatic rings. The predicted molar refractivity (Wildman–Crippen MR) is 127 cm³/mol. The van der Waals surface area contributed by atoms with Crippen molar-refractivity contribution in [2.45, 2.75) is 89.4 Å². The van der Waals surface area contributed by atoms with E-state index in [1.807, 2.05) is 20.8 Å². The normalized spacial score (nSPS) is 28.1. The number of rotatable bonds is 2. The molecule has 0 saturated carbocycles. The van der Waals surface area contributed by atoms with Gasteiger partial charge in [-0.05, 0) is 70.7 Å². The molecule has 0 unspecified atom stereocenters. The molecule has 0 spiro atoms. The Hall–Kier alpha value is -1.84.